The van der Waals surface area contributed by atoms with Gasteiger partial charge in [0, 0.05) is 24.2 Å². The van der Waals surface area contributed by atoms with E-state index < -0.39 is 6.10 Å². The van der Waals surface area contributed by atoms with Crippen molar-refractivity contribution in [1.29, 1.82) is 0 Å². The fourth-order valence-electron chi connectivity index (χ4n) is 1.58. The Hall–Kier alpha value is -1.63. The van der Waals surface area contributed by atoms with Crippen LogP contribution in [0.3, 0.4) is 0 Å². The highest BCUT2D eigenvalue weighted by Crippen LogP contribution is 2.09. The van der Waals surface area contributed by atoms with E-state index in [4.69, 9.17) is 16.3 Å². The van der Waals surface area contributed by atoms with Crippen molar-refractivity contribution >= 4 is 23.4 Å². The summed E-state index contributed by atoms with van der Waals surface area (Å²) in [5.41, 5.74) is 0.433. The number of benzene rings is 1. The summed E-state index contributed by atoms with van der Waals surface area (Å²) in [5.74, 6) is -0.664. The third-order valence-electron chi connectivity index (χ3n) is 2.67. The zero-order valence-electron chi connectivity index (χ0n) is 11.8. The average molecular weight is 315 g/mol. The first-order valence-electron chi connectivity index (χ1n) is 6.50. The summed E-state index contributed by atoms with van der Waals surface area (Å²) in [4.78, 5) is 23.2. The molecular weight excluding hydrogens is 296 g/mol. The number of aliphatic hydroxyl groups excluding tert-OH is 1. The van der Waals surface area contributed by atoms with Gasteiger partial charge in [-0.15, -0.1) is 0 Å². The van der Waals surface area contributed by atoms with Gasteiger partial charge in [-0.25, -0.2) is 0 Å². The number of carbonyl (C=O) groups excluding carboxylic acids is 2. The molecular formula is C14H19ClN2O4. The smallest absolute Gasteiger partial charge is 0.251 e. The van der Waals surface area contributed by atoms with E-state index >= 15 is 0 Å². The second-order valence-corrected chi connectivity index (χ2v) is 4.87. The Labute approximate surface area is 128 Å². The number of hydrogen-bond acceptors (Lipinski definition) is 4. The minimum absolute atomic E-state index is 0.123. The van der Waals surface area contributed by atoms with Crippen LogP contribution in [0, 0.1) is 0 Å². The molecule has 0 aliphatic heterocycles. The zero-order chi connectivity index (χ0) is 15.7. The molecule has 116 valence electrons. The minimum atomic E-state index is -0.612. The van der Waals surface area contributed by atoms with Crippen LogP contribution in [0.5, 0.6) is 0 Å². The lowest BCUT2D eigenvalue weighted by Crippen LogP contribution is -2.38. The second-order valence-electron chi connectivity index (χ2n) is 4.44. The van der Waals surface area contributed by atoms with Crippen molar-refractivity contribution in [2.24, 2.45) is 0 Å². The number of halogens is 1. The summed E-state index contributed by atoms with van der Waals surface area (Å²) in [5, 5.41) is 15.0. The minimum Gasteiger partial charge on any atom is -0.391 e. The van der Waals surface area contributed by atoms with Gasteiger partial charge in [0.1, 0.15) is 0 Å². The van der Waals surface area contributed by atoms with E-state index in [1.807, 2.05) is 0 Å². The Morgan fingerprint density at radius 3 is 2.57 bits per heavy atom. The van der Waals surface area contributed by atoms with Crippen LogP contribution in [0.4, 0.5) is 0 Å². The average Bonchev–Trinajstić information content (AvgIpc) is 2.46. The van der Waals surface area contributed by atoms with Gasteiger partial charge in [-0.3, -0.25) is 9.59 Å². The SMILES string of the molecule is COCC(O)CCNC(=O)CNC(=O)c1ccc(Cl)cc1. The van der Waals surface area contributed by atoms with Crippen LogP contribution in [-0.4, -0.2) is 49.8 Å². The Morgan fingerprint density at radius 1 is 1.29 bits per heavy atom. The lowest BCUT2D eigenvalue weighted by atomic mass is 10.2. The van der Waals surface area contributed by atoms with Crippen molar-refractivity contribution in [3.05, 3.63) is 34.9 Å². The van der Waals surface area contributed by atoms with Crippen LogP contribution in [0.15, 0.2) is 24.3 Å². The highest BCUT2D eigenvalue weighted by atomic mass is 35.5. The first-order valence-corrected chi connectivity index (χ1v) is 6.88. The third-order valence-corrected chi connectivity index (χ3v) is 2.93. The zero-order valence-corrected chi connectivity index (χ0v) is 12.5. The molecule has 1 aromatic carbocycles. The summed E-state index contributed by atoms with van der Waals surface area (Å²) in [6.45, 7) is 0.422. The summed E-state index contributed by atoms with van der Waals surface area (Å²) in [6, 6.07) is 6.37. The third kappa shape index (κ3) is 7.08. The maximum atomic E-state index is 11.7. The molecule has 3 N–H and O–H groups in total. The molecule has 6 nitrogen and oxygen atoms in total. The molecule has 0 heterocycles. The molecule has 1 unspecified atom stereocenters. The van der Waals surface area contributed by atoms with Gasteiger partial charge in [-0.1, -0.05) is 11.6 Å². The maximum absolute atomic E-state index is 11.7. The summed E-state index contributed by atoms with van der Waals surface area (Å²) in [7, 11) is 1.49. The number of methoxy groups -OCH3 is 1. The van der Waals surface area contributed by atoms with Crippen LogP contribution in [0.2, 0.25) is 5.02 Å². The van der Waals surface area contributed by atoms with Gasteiger partial charge in [-0.05, 0) is 30.7 Å². The van der Waals surface area contributed by atoms with E-state index in [1.165, 1.54) is 7.11 Å². The van der Waals surface area contributed by atoms with Gasteiger partial charge in [0.2, 0.25) is 5.91 Å². The molecule has 0 aromatic heterocycles. The van der Waals surface area contributed by atoms with Gasteiger partial charge in [-0.2, -0.15) is 0 Å². The molecule has 2 amide bonds. The monoisotopic (exact) mass is 314 g/mol. The Kier molecular flexibility index (Phi) is 7.74. The maximum Gasteiger partial charge on any atom is 0.251 e. The molecule has 0 bridgehead atoms. The van der Waals surface area contributed by atoms with Gasteiger partial charge in [0.05, 0.1) is 19.3 Å². The lowest BCUT2D eigenvalue weighted by molar-refractivity contribution is -0.120. The number of carbonyl (C=O) groups is 2. The molecule has 0 fully saturated rings. The van der Waals surface area contributed by atoms with E-state index in [0.717, 1.165) is 0 Å². The Morgan fingerprint density at radius 2 is 1.95 bits per heavy atom. The second kappa shape index (κ2) is 9.33. The molecule has 1 atom stereocenters. The van der Waals surface area contributed by atoms with E-state index in [2.05, 4.69) is 10.6 Å². The predicted molar refractivity (Wildman–Crippen MR) is 79.3 cm³/mol. The highest BCUT2D eigenvalue weighted by Gasteiger charge is 2.08. The largest absolute Gasteiger partial charge is 0.391 e. The standard InChI is InChI=1S/C14H19ClN2O4/c1-21-9-12(18)6-7-16-13(19)8-17-14(20)10-2-4-11(15)5-3-10/h2-5,12,18H,6-9H2,1H3,(H,16,19)(H,17,20). The summed E-state index contributed by atoms with van der Waals surface area (Å²) < 4.78 is 4.77. The summed E-state index contributed by atoms with van der Waals surface area (Å²) in [6.07, 6.45) is -0.219. The number of aliphatic hydroxyl groups is 1. The van der Waals surface area contributed by atoms with E-state index in [1.54, 1.807) is 24.3 Å². The normalized spacial score (nSPS) is 11.8. The van der Waals surface area contributed by atoms with Crippen LogP contribution in [-0.2, 0) is 9.53 Å². The molecule has 7 heteroatoms. The van der Waals surface area contributed by atoms with E-state index in [0.29, 0.717) is 23.6 Å². The molecule has 0 radical (unpaired) electrons. The van der Waals surface area contributed by atoms with E-state index in [-0.39, 0.29) is 25.0 Å². The molecule has 0 aliphatic rings. The van der Waals surface area contributed by atoms with Crippen molar-refractivity contribution in [2.75, 3.05) is 26.8 Å². The molecule has 0 saturated carbocycles. The number of amides is 2. The van der Waals surface area contributed by atoms with Crippen LogP contribution in [0.25, 0.3) is 0 Å². The fourth-order valence-corrected chi connectivity index (χ4v) is 1.71. The van der Waals surface area contributed by atoms with Gasteiger partial charge in [0.25, 0.3) is 5.91 Å². The molecule has 1 rings (SSSR count). The number of hydrogen-bond donors (Lipinski definition) is 3. The van der Waals surface area contributed by atoms with Gasteiger partial charge >= 0.3 is 0 Å². The molecule has 21 heavy (non-hydrogen) atoms. The molecule has 0 aliphatic carbocycles. The van der Waals surface area contributed by atoms with Gasteiger partial charge < -0.3 is 20.5 Å². The number of rotatable bonds is 8. The number of ether oxygens (including phenoxy) is 1. The topological polar surface area (TPSA) is 87.7 Å². The lowest BCUT2D eigenvalue weighted by Gasteiger charge is -2.10. The van der Waals surface area contributed by atoms with Crippen molar-refractivity contribution in [3.8, 4) is 0 Å². The Balaban J connectivity index is 2.23. The van der Waals surface area contributed by atoms with E-state index in [9.17, 15) is 14.7 Å². The van der Waals surface area contributed by atoms with Crippen LogP contribution >= 0.6 is 11.6 Å². The Bertz CT molecular complexity index is 465. The number of nitrogens with one attached hydrogen (secondary N) is 2. The first kappa shape index (κ1) is 17.4. The quantitative estimate of drug-likeness (QED) is 0.655. The van der Waals surface area contributed by atoms with Crippen molar-refractivity contribution in [2.45, 2.75) is 12.5 Å². The predicted octanol–water partition coefficient (Wildman–Crippen LogP) is 0.583. The fraction of sp³-hybridized carbons (Fsp3) is 0.429. The van der Waals surface area contributed by atoms with Crippen molar-refractivity contribution in [1.82, 2.24) is 10.6 Å². The van der Waals surface area contributed by atoms with Crippen LogP contribution in [0.1, 0.15) is 16.8 Å². The molecule has 0 saturated heterocycles. The molecule has 0 spiro atoms. The van der Waals surface area contributed by atoms with Gasteiger partial charge in [0.15, 0.2) is 0 Å². The molecule has 1 aromatic rings. The van der Waals surface area contributed by atoms with Crippen LogP contribution < -0.4 is 10.6 Å². The first-order chi connectivity index (χ1) is 10.0. The van der Waals surface area contributed by atoms with Crippen molar-refractivity contribution < 1.29 is 19.4 Å². The van der Waals surface area contributed by atoms with Crippen molar-refractivity contribution in [3.63, 3.8) is 0 Å². The highest BCUT2D eigenvalue weighted by molar-refractivity contribution is 6.30. The summed E-state index contributed by atoms with van der Waals surface area (Å²) >= 11 is 5.72.